The second-order valence-corrected chi connectivity index (χ2v) is 4.76. The number of nitrogens with zero attached hydrogens (tertiary/aromatic N) is 2. The summed E-state index contributed by atoms with van der Waals surface area (Å²) in [6, 6.07) is 10.4. The summed E-state index contributed by atoms with van der Waals surface area (Å²) in [5.74, 6) is 1.07. The van der Waals surface area contributed by atoms with Gasteiger partial charge in [-0.1, -0.05) is 12.1 Å². The highest BCUT2D eigenvalue weighted by Crippen LogP contribution is 2.17. The molecule has 0 fully saturated rings. The molecule has 2 aromatic rings. The van der Waals surface area contributed by atoms with Crippen LogP contribution in [-0.2, 0) is 6.54 Å². The van der Waals surface area contributed by atoms with Gasteiger partial charge in [0.1, 0.15) is 5.82 Å². The second kappa shape index (κ2) is 5.12. The standard InChI is InChI=1S/C13H16N2S/c1-3-15(10-12-7-5-9-16-12)13-8-4-6-11(2)14-13/h4-9H,3,10H2,1-2H3. The van der Waals surface area contributed by atoms with Gasteiger partial charge in [0.05, 0.1) is 6.54 Å². The first kappa shape index (κ1) is 11.1. The molecular weight excluding hydrogens is 216 g/mol. The summed E-state index contributed by atoms with van der Waals surface area (Å²) in [7, 11) is 0. The maximum Gasteiger partial charge on any atom is 0.129 e. The average molecular weight is 232 g/mol. The van der Waals surface area contributed by atoms with Crippen molar-refractivity contribution < 1.29 is 0 Å². The van der Waals surface area contributed by atoms with Gasteiger partial charge in [0.25, 0.3) is 0 Å². The molecule has 0 saturated carbocycles. The number of hydrogen-bond donors (Lipinski definition) is 0. The van der Waals surface area contributed by atoms with Gasteiger partial charge in [-0.15, -0.1) is 11.3 Å². The Bertz CT molecular complexity index is 437. The highest BCUT2D eigenvalue weighted by Gasteiger charge is 2.06. The summed E-state index contributed by atoms with van der Waals surface area (Å²) in [5.41, 5.74) is 1.07. The molecule has 0 amide bonds. The van der Waals surface area contributed by atoms with Gasteiger partial charge in [-0.2, -0.15) is 0 Å². The van der Waals surface area contributed by atoms with Crippen LogP contribution < -0.4 is 4.90 Å². The third-order valence-corrected chi connectivity index (χ3v) is 3.37. The lowest BCUT2D eigenvalue weighted by atomic mass is 10.3. The normalized spacial score (nSPS) is 10.4. The van der Waals surface area contributed by atoms with E-state index in [1.54, 1.807) is 11.3 Å². The van der Waals surface area contributed by atoms with E-state index >= 15 is 0 Å². The molecule has 2 rings (SSSR count). The first-order valence-corrected chi connectivity index (χ1v) is 6.38. The summed E-state index contributed by atoms with van der Waals surface area (Å²) in [4.78, 5) is 8.23. The van der Waals surface area contributed by atoms with Crippen molar-refractivity contribution in [2.45, 2.75) is 20.4 Å². The number of hydrogen-bond acceptors (Lipinski definition) is 3. The van der Waals surface area contributed by atoms with Gasteiger partial charge in [-0.05, 0) is 37.4 Å². The highest BCUT2D eigenvalue weighted by molar-refractivity contribution is 7.09. The monoisotopic (exact) mass is 232 g/mol. The van der Waals surface area contributed by atoms with Crippen molar-refractivity contribution in [2.24, 2.45) is 0 Å². The molecule has 0 aromatic carbocycles. The number of aryl methyl sites for hydroxylation is 1. The SMILES string of the molecule is CCN(Cc1cccs1)c1cccc(C)n1. The zero-order chi connectivity index (χ0) is 11.4. The fourth-order valence-electron chi connectivity index (χ4n) is 1.65. The molecule has 0 radical (unpaired) electrons. The van der Waals surface area contributed by atoms with Gasteiger partial charge < -0.3 is 4.90 Å². The predicted octanol–water partition coefficient (Wildman–Crippen LogP) is 3.48. The lowest BCUT2D eigenvalue weighted by Gasteiger charge is -2.21. The van der Waals surface area contributed by atoms with Gasteiger partial charge in [0.15, 0.2) is 0 Å². The van der Waals surface area contributed by atoms with E-state index in [2.05, 4.69) is 46.5 Å². The average Bonchev–Trinajstić information content (AvgIpc) is 2.78. The van der Waals surface area contributed by atoms with Crippen LogP contribution >= 0.6 is 11.3 Å². The number of anilines is 1. The zero-order valence-corrected chi connectivity index (χ0v) is 10.5. The number of rotatable bonds is 4. The van der Waals surface area contributed by atoms with Gasteiger partial charge >= 0.3 is 0 Å². The van der Waals surface area contributed by atoms with Gasteiger partial charge in [-0.3, -0.25) is 0 Å². The van der Waals surface area contributed by atoms with Crippen LogP contribution in [0, 0.1) is 6.92 Å². The molecule has 0 unspecified atom stereocenters. The van der Waals surface area contributed by atoms with Crippen LogP contribution in [0.4, 0.5) is 5.82 Å². The smallest absolute Gasteiger partial charge is 0.129 e. The molecular formula is C13H16N2S. The molecule has 2 heterocycles. The summed E-state index contributed by atoms with van der Waals surface area (Å²) >= 11 is 1.80. The molecule has 16 heavy (non-hydrogen) atoms. The van der Waals surface area contributed by atoms with Gasteiger partial charge in [-0.25, -0.2) is 4.98 Å². The Balaban J connectivity index is 2.16. The van der Waals surface area contributed by atoms with E-state index in [-0.39, 0.29) is 0 Å². The summed E-state index contributed by atoms with van der Waals surface area (Å²) in [6.45, 7) is 6.12. The molecule has 84 valence electrons. The van der Waals surface area contributed by atoms with Crippen LogP contribution in [0.15, 0.2) is 35.7 Å². The number of aromatic nitrogens is 1. The van der Waals surface area contributed by atoms with E-state index in [9.17, 15) is 0 Å². The van der Waals surface area contributed by atoms with E-state index in [1.165, 1.54) is 4.88 Å². The highest BCUT2D eigenvalue weighted by atomic mass is 32.1. The second-order valence-electron chi connectivity index (χ2n) is 3.73. The fraction of sp³-hybridized carbons (Fsp3) is 0.308. The Kier molecular flexibility index (Phi) is 3.57. The summed E-state index contributed by atoms with van der Waals surface area (Å²) in [6.07, 6.45) is 0. The van der Waals surface area contributed by atoms with Crippen LogP contribution in [0.25, 0.3) is 0 Å². The first-order chi connectivity index (χ1) is 7.79. The van der Waals surface area contributed by atoms with Crippen molar-refractivity contribution in [2.75, 3.05) is 11.4 Å². The molecule has 2 nitrogen and oxygen atoms in total. The van der Waals surface area contributed by atoms with Crippen molar-refractivity contribution in [1.82, 2.24) is 4.98 Å². The molecule has 0 spiro atoms. The third kappa shape index (κ3) is 2.61. The van der Waals surface area contributed by atoms with Crippen LogP contribution in [0.1, 0.15) is 17.5 Å². The minimum atomic E-state index is 0.949. The molecule has 0 saturated heterocycles. The topological polar surface area (TPSA) is 16.1 Å². The maximum atomic E-state index is 4.56. The predicted molar refractivity (Wildman–Crippen MR) is 70.0 cm³/mol. The molecule has 0 aliphatic rings. The van der Waals surface area contributed by atoms with Crippen molar-refractivity contribution >= 4 is 17.2 Å². The third-order valence-electron chi connectivity index (χ3n) is 2.51. The Morgan fingerprint density at radius 1 is 1.25 bits per heavy atom. The van der Waals surface area contributed by atoms with Crippen molar-refractivity contribution in [3.63, 3.8) is 0 Å². The van der Waals surface area contributed by atoms with E-state index in [0.29, 0.717) is 0 Å². The van der Waals surface area contributed by atoms with Crippen molar-refractivity contribution in [3.8, 4) is 0 Å². The van der Waals surface area contributed by atoms with Crippen LogP contribution in [0.3, 0.4) is 0 Å². The molecule has 0 aliphatic heterocycles. The maximum absolute atomic E-state index is 4.56. The molecule has 2 aromatic heterocycles. The molecule has 0 atom stereocenters. The molecule has 0 aliphatic carbocycles. The van der Waals surface area contributed by atoms with E-state index in [4.69, 9.17) is 0 Å². The quantitative estimate of drug-likeness (QED) is 0.802. The minimum Gasteiger partial charge on any atom is -0.352 e. The Morgan fingerprint density at radius 2 is 2.12 bits per heavy atom. The van der Waals surface area contributed by atoms with Gasteiger partial charge in [0.2, 0.25) is 0 Å². The van der Waals surface area contributed by atoms with Crippen molar-refractivity contribution in [3.05, 3.63) is 46.3 Å². The largest absolute Gasteiger partial charge is 0.352 e. The van der Waals surface area contributed by atoms with Crippen LogP contribution in [-0.4, -0.2) is 11.5 Å². The molecule has 3 heteroatoms. The number of thiophene rings is 1. The fourth-order valence-corrected chi connectivity index (χ4v) is 2.37. The number of pyridine rings is 1. The Hall–Kier alpha value is -1.35. The minimum absolute atomic E-state index is 0.949. The zero-order valence-electron chi connectivity index (χ0n) is 9.68. The first-order valence-electron chi connectivity index (χ1n) is 5.50. The summed E-state index contributed by atoms with van der Waals surface area (Å²) in [5, 5.41) is 2.12. The van der Waals surface area contributed by atoms with Gasteiger partial charge in [0, 0.05) is 17.1 Å². The molecule has 0 bridgehead atoms. The molecule has 0 N–H and O–H groups in total. The van der Waals surface area contributed by atoms with E-state index < -0.39 is 0 Å². The summed E-state index contributed by atoms with van der Waals surface area (Å²) < 4.78 is 0. The van der Waals surface area contributed by atoms with Crippen LogP contribution in [0.5, 0.6) is 0 Å². The van der Waals surface area contributed by atoms with E-state index in [0.717, 1.165) is 24.6 Å². The van der Waals surface area contributed by atoms with Crippen molar-refractivity contribution in [1.29, 1.82) is 0 Å². The Morgan fingerprint density at radius 3 is 2.75 bits per heavy atom. The lowest BCUT2D eigenvalue weighted by molar-refractivity contribution is 0.820. The van der Waals surface area contributed by atoms with Crippen LogP contribution in [0.2, 0.25) is 0 Å². The van der Waals surface area contributed by atoms with E-state index in [1.807, 2.05) is 13.0 Å². The Labute approximate surface area is 101 Å². The lowest BCUT2D eigenvalue weighted by Crippen LogP contribution is -2.22.